The lowest BCUT2D eigenvalue weighted by molar-refractivity contribution is -0.191. The number of carbonyl (C=O) groups excluding carboxylic acids is 4. The van der Waals surface area contributed by atoms with Crippen LogP contribution in [0.15, 0.2) is 158 Å². The second-order valence-electron chi connectivity index (χ2n) is 19.2. The Kier molecular flexibility index (Phi) is 18.0. The second-order valence-corrected chi connectivity index (χ2v) is 19.2. The molecule has 0 amide bonds. The number of ketones is 2. The van der Waals surface area contributed by atoms with Crippen LogP contribution in [-0.4, -0.2) is 100 Å². The maximum atomic E-state index is 15.0. The molecule has 0 radical (unpaired) electrons. The molecular formula is C62H68N2O10. The average Bonchev–Trinajstić information content (AvgIpc) is 3.46. The summed E-state index contributed by atoms with van der Waals surface area (Å²) in [4.78, 5) is 58.7. The van der Waals surface area contributed by atoms with E-state index in [1.807, 2.05) is 121 Å². The molecule has 2 aliphatic rings. The largest absolute Gasteiger partial charge is 0.493 e. The van der Waals surface area contributed by atoms with E-state index in [0.29, 0.717) is 73.0 Å². The molecule has 6 aromatic rings. The van der Waals surface area contributed by atoms with Crippen molar-refractivity contribution in [2.24, 2.45) is 11.8 Å². The van der Waals surface area contributed by atoms with Gasteiger partial charge in [-0.2, -0.15) is 0 Å². The van der Waals surface area contributed by atoms with Crippen molar-refractivity contribution in [3.8, 4) is 23.0 Å². The Bertz CT molecular complexity index is 2520. The summed E-state index contributed by atoms with van der Waals surface area (Å²) in [6, 6.07) is 49.6. The van der Waals surface area contributed by atoms with Gasteiger partial charge in [-0.1, -0.05) is 121 Å². The van der Waals surface area contributed by atoms with Crippen molar-refractivity contribution >= 4 is 23.5 Å². The van der Waals surface area contributed by atoms with Crippen molar-refractivity contribution < 1.29 is 47.6 Å². The standard InChI is InChI=1S/C62H68N2O10/c1-45(65)47-27-29-55(57(43-47)69-3)71-41-17-35-63-37-31-53(32-38-63)61(49-19-9-5-10-20-49,50-21-11-6-12-22-50)73-59(67)60(68)74-62(51-23-13-7-14-24-51,52-25-15-8-16-26-52)54-33-39-64(40-34-54)36-18-42-72-56-30-28-48(46(2)66)44-58(56)70-4/h5-16,19-30,43-44,53-54H,17-18,31-42H2,1-4H3. The number of hydrogen-bond donors (Lipinski definition) is 0. The molecule has 0 aromatic heterocycles. The maximum absolute atomic E-state index is 15.0. The molecule has 0 bridgehead atoms. The van der Waals surface area contributed by atoms with E-state index in [0.717, 1.165) is 74.4 Å². The van der Waals surface area contributed by atoms with Crippen LogP contribution in [-0.2, 0) is 30.3 Å². The van der Waals surface area contributed by atoms with Gasteiger partial charge >= 0.3 is 11.9 Å². The number of ether oxygens (including phenoxy) is 6. The Hall–Kier alpha value is -7.28. The molecule has 2 heterocycles. The molecule has 386 valence electrons. The van der Waals surface area contributed by atoms with Crippen LogP contribution in [0.2, 0.25) is 0 Å². The minimum atomic E-state index is -1.31. The van der Waals surface area contributed by atoms with Crippen molar-refractivity contribution in [3.05, 3.63) is 191 Å². The van der Waals surface area contributed by atoms with Crippen LogP contribution < -0.4 is 18.9 Å². The van der Waals surface area contributed by atoms with E-state index in [2.05, 4.69) is 9.80 Å². The van der Waals surface area contributed by atoms with Gasteiger partial charge in [0.25, 0.3) is 0 Å². The summed E-state index contributed by atoms with van der Waals surface area (Å²) >= 11 is 0. The van der Waals surface area contributed by atoms with E-state index in [4.69, 9.17) is 28.4 Å². The highest BCUT2D eigenvalue weighted by Gasteiger charge is 2.51. The first-order valence-electron chi connectivity index (χ1n) is 25.8. The summed E-state index contributed by atoms with van der Waals surface area (Å²) in [5.74, 6) is -0.317. The van der Waals surface area contributed by atoms with Gasteiger partial charge in [-0.3, -0.25) is 9.59 Å². The fourth-order valence-corrected chi connectivity index (χ4v) is 10.9. The third-order valence-corrected chi connectivity index (χ3v) is 14.7. The lowest BCUT2D eigenvalue weighted by Gasteiger charge is -2.46. The van der Waals surface area contributed by atoms with Gasteiger partial charge < -0.3 is 38.2 Å². The number of likely N-dealkylation sites (tertiary alicyclic amines) is 2. The molecule has 74 heavy (non-hydrogen) atoms. The minimum absolute atomic E-state index is 0.0398. The molecule has 0 spiro atoms. The minimum Gasteiger partial charge on any atom is -0.493 e. The highest BCUT2D eigenvalue weighted by atomic mass is 16.6. The zero-order chi connectivity index (χ0) is 51.9. The molecule has 2 saturated heterocycles. The molecule has 12 heteroatoms. The lowest BCUT2D eigenvalue weighted by atomic mass is 9.71. The summed E-state index contributed by atoms with van der Waals surface area (Å²) in [5.41, 5.74) is 1.64. The van der Waals surface area contributed by atoms with Crippen LogP contribution in [0.3, 0.4) is 0 Å². The van der Waals surface area contributed by atoms with Crippen molar-refractivity contribution in [2.45, 2.75) is 63.6 Å². The zero-order valence-corrected chi connectivity index (χ0v) is 43.0. The summed E-state index contributed by atoms with van der Waals surface area (Å²) < 4.78 is 36.9. The summed E-state index contributed by atoms with van der Waals surface area (Å²) in [6.45, 7) is 8.53. The molecule has 6 aromatic carbocycles. The van der Waals surface area contributed by atoms with Gasteiger partial charge in [-0.25, -0.2) is 9.59 Å². The molecule has 12 nitrogen and oxygen atoms in total. The van der Waals surface area contributed by atoms with Gasteiger partial charge in [-0.15, -0.1) is 0 Å². The number of nitrogens with zero attached hydrogens (tertiary/aromatic N) is 2. The Morgan fingerprint density at radius 3 is 1.04 bits per heavy atom. The first-order chi connectivity index (χ1) is 36.0. The molecule has 0 saturated carbocycles. The summed E-state index contributed by atoms with van der Waals surface area (Å²) in [5, 5.41) is 0. The molecule has 8 rings (SSSR count). The number of esters is 2. The third kappa shape index (κ3) is 12.2. The van der Waals surface area contributed by atoms with Gasteiger partial charge in [0.05, 0.1) is 27.4 Å². The number of rotatable bonds is 22. The fourth-order valence-electron chi connectivity index (χ4n) is 10.9. The molecule has 2 fully saturated rings. The van der Waals surface area contributed by atoms with E-state index in [9.17, 15) is 9.59 Å². The van der Waals surface area contributed by atoms with E-state index >= 15 is 9.59 Å². The van der Waals surface area contributed by atoms with Crippen LogP contribution in [0.5, 0.6) is 23.0 Å². The molecule has 0 aliphatic carbocycles. The SMILES string of the molecule is COc1cc(C(C)=O)ccc1OCCCN1CCC(C(OC(=O)C(=O)OC(c2ccccc2)(c2ccccc2)C2CCN(CCCOc3ccc(C(C)=O)cc3OC)CC2)(c2ccccc2)c2ccccc2)CC1. The second kappa shape index (κ2) is 25.1. The van der Waals surface area contributed by atoms with E-state index < -0.39 is 23.1 Å². The Morgan fingerprint density at radius 2 is 0.757 bits per heavy atom. The first-order valence-corrected chi connectivity index (χ1v) is 25.8. The number of methoxy groups -OCH3 is 2. The van der Waals surface area contributed by atoms with Crippen LogP contribution in [0.25, 0.3) is 0 Å². The first kappa shape index (κ1) is 53.0. The van der Waals surface area contributed by atoms with Crippen molar-refractivity contribution in [1.82, 2.24) is 9.80 Å². The zero-order valence-electron chi connectivity index (χ0n) is 43.0. The van der Waals surface area contributed by atoms with Gasteiger partial charge in [0.2, 0.25) is 0 Å². The Balaban J connectivity index is 0.992. The summed E-state index contributed by atoms with van der Waals surface area (Å²) in [6.07, 6.45) is 4.30. The summed E-state index contributed by atoms with van der Waals surface area (Å²) in [7, 11) is 3.13. The number of Topliss-reactive ketones (excluding diaryl/α,β-unsaturated/α-hetero) is 2. The van der Waals surface area contributed by atoms with E-state index in [1.54, 1.807) is 50.6 Å². The highest BCUT2D eigenvalue weighted by Crippen LogP contribution is 2.48. The van der Waals surface area contributed by atoms with Crippen molar-refractivity contribution in [3.63, 3.8) is 0 Å². The van der Waals surface area contributed by atoms with Gasteiger partial charge in [-0.05, 0) is 115 Å². The molecule has 2 aliphatic heterocycles. The quantitative estimate of drug-likeness (QED) is 0.0278. The average molecular weight is 1000 g/mol. The molecule has 0 N–H and O–H groups in total. The van der Waals surface area contributed by atoms with Gasteiger partial charge in [0.15, 0.2) is 45.8 Å². The van der Waals surface area contributed by atoms with Gasteiger partial charge in [0, 0.05) is 58.3 Å². The monoisotopic (exact) mass is 1000 g/mol. The van der Waals surface area contributed by atoms with Crippen LogP contribution in [0, 0.1) is 11.8 Å². The van der Waals surface area contributed by atoms with E-state index in [-0.39, 0.29) is 23.4 Å². The number of benzene rings is 6. The lowest BCUT2D eigenvalue weighted by Crippen LogP contribution is -2.50. The predicted octanol–water partition coefficient (Wildman–Crippen LogP) is 10.7. The predicted molar refractivity (Wildman–Crippen MR) is 284 cm³/mol. The van der Waals surface area contributed by atoms with Crippen molar-refractivity contribution in [1.29, 1.82) is 0 Å². The fraction of sp³-hybridized carbons (Fsp3) is 0.355. The Morgan fingerprint density at radius 1 is 0.446 bits per heavy atom. The number of hydrogen-bond acceptors (Lipinski definition) is 12. The Labute approximate surface area is 435 Å². The van der Waals surface area contributed by atoms with Crippen LogP contribution in [0.4, 0.5) is 0 Å². The smallest absolute Gasteiger partial charge is 0.418 e. The van der Waals surface area contributed by atoms with Gasteiger partial charge in [0.1, 0.15) is 0 Å². The topological polar surface area (TPSA) is 130 Å². The van der Waals surface area contributed by atoms with Crippen LogP contribution >= 0.6 is 0 Å². The number of carbonyl (C=O) groups is 4. The normalized spacial score (nSPS) is 14.9. The molecular weight excluding hydrogens is 933 g/mol. The maximum Gasteiger partial charge on any atom is 0.418 e. The highest BCUT2D eigenvalue weighted by molar-refractivity contribution is 6.30. The van der Waals surface area contributed by atoms with Crippen LogP contribution in [0.1, 0.15) is 95.3 Å². The third-order valence-electron chi connectivity index (χ3n) is 14.7. The number of piperidine rings is 2. The molecule has 0 unspecified atom stereocenters. The van der Waals surface area contributed by atoms with E-state index in [1.165, 1.54) is 13.8 Å². The van der Waals surface area contributed by atoms with Crippen molar-refractivity contribution in [2.75, 3.05) is 66.7 Å². The molecule has 0 atom stereocenters.